The van der Waals surface area contributed by atoms with Crippen LogP contribution in [0.1, 0.15) is 24.8 Å². The van der Waals surface area contributed by atoms with Crippen LogP contribution >= 0.6 is 11.6 Å². The number of rotatable bonds is 13. The van der Waals surface area contributed by atoms with Crippen LogP contribution in [0.5, 0.6) is 6.01 Å². The molecule has 44 heavy (non-hydrogen) atoms. The molecular formula is C27H28ClF3N8O5. The number of aromatic nitrogens is 3. The van der Waals surface area contributed by atoms with Crippen LogP contribution in [0.4, 0.5) is 36.4 Å². The smallest absolute Gasteiger partial charge is 0.422 e. The standard InChI is InChI=1S/C27H28ClF3N8O5/c1-32-20(40)21(41)33-13-10-19(22(42)43)34-17-6-8-18(9-7-17)35-23-36-24(38-25(37-23)44-14-27(29,30)31)39-26(11-12-26)15-2-4-16(28)5-3-15/h2-9,19,34H,10-14H2,1H3,(H,32,40)(H,33,41)(H,42,43)(H2,35,36,37,38,39)/t19-/m0/s1. The Bertz CT molecular complexity index is 1490. The van der Waals surface area contributed by atoms with Gasteiger partial charge in [0.2, 0.25) is 11.9 Å². The molecule has 0 saturated heterocycles. The molecule has 0 bridgehead atoms. The van der Waals surface area contributed by atoms with Gasteiger partial charge in [-0.2, -0.15) is 28.1 Å². The average Bonchev–Trinajstić information content (AvgIpc) is 3.76. The normalized spacial score (nSPS) is 14.1. The van der Waals surface area contributed by atoms with Crippen molar-refractivity contribution in [1.82, 2.24) is 25.6 Å². The predicted molar refractivity (Wildman–Crippen MR) is 154 cm³/mol. The number of amides is 2. The summed E-state index contributed by atoms with van der Waals surface area (Å²) in [5, 5.41) is 23.5. The summed E-state index contributed by atoms with van der Waals surface area (Å²) in [6.07, 6.45) is -3.17. The Kier molecular flexibility index (Phi) is 9.93. The van der Waals surface area contributed by atoms with Crippen molar-refractivity contribution >= 4 is 52.7 Å². The van der Waals surface area contributed by atoms with Crippen LogP contribution in [-0.4, -0.2) is 70.3 Å². The number of carbonyl (C=O) groups excluding carboxylic acids is 2. The first-order chi connectivity index (χ1) is 20.9. The molecule has 0 aliphatic heterocycles. The molecule has 1 aliphatic carbocycles. The highest BCUT2D eigenvalue weighted by atomic mass is 35.5. The molecule has 1 aromatic heterocycles. The first-order valence-corrected chi connectivity index (χ1v) is 13.6. The van der Waals surface area contributed by atoms with Gasteiger partial charge in [-0.25, -0.2) is 4.79 Å². The van der Waals surface area contributed by atoms with Gasteiger partial charge in [0.25, 0.3) is 0 Å². The van der Waals surface area contributed by atoms with Gasteiger partial charge < -0.3 is 36.4 Å². The van der Waals surface area contributed by atoms with Crippen molar-refractivity contribution in [2.24, 2.45) is 0 Å². The lowest BCUT2D eigenvalue weighted by Crippen LogP contribution is -2.40. The van der Waals surface area contributed by atoms with Crippen LogP contribution in [0.15, 0.2) is 48.5 Å². The maximum absolute atomic E-state index is 12.8. The highest BCUT2D eigenvalue weighted by Crippen LogP contribution is 2.48. The third-order valence-electron chi connectivity index (χ3n) is 6.41. The third-order valence-corrected chi connectivity index (χ3v) is 6.66. The summed E-state index contributed by atoms with van der Waals surface area (Å²) in [5.41, 5.74) is 1.24. The number of hydrogen-bond donors (Lipinski definition) is 6. The molecule has 3 aromatic rings. The monoisotopic (exact) mass is 636 g/mol. The van der Waals surface area contributed by atoms with Crippen LogP contribution in [0.25, 0.3) is 0 Å². The van der Waals surface area contributed by atoms with E-state index in [-0.39, 0.29) is 24.9 Å². The molecule has 0 spiro atoms. The van der Waals surface area contributed by atoms with E-state index in [2.05, 4.69) is 41.5 Å². The number of likely N-dealkylation sites (N-methyl/N-ethyl adjacent to an activating group) is 1. The second-order valence-electron chi connectivity index (χ2n) is 9.74. The fourth-order valence-electron chi connectivity index (χ4n) is 4.03. The molecule has 1 atom stereocenters. The zero-order chi connectivity index (χ0) is 31.9. The Balaban J connectivity index is 1.45. The summed E-state index contributed by atoms with van der Waals surface area (Å²) in [6.45, 7) is -1.66. The number of hydrogen-bond acceptors (Lipinski definition) is 10. The molecule has 17 heteroatoms. The largest absolute Gasteiger partial charge is 0.480 e. The molecule has 234 valence electrons. The lowest BCUT2D eigenvalue weighted by atomic mass is 10.1. The zero-order valence-electron chi connectivity index (χ0n) is 23.2. The van der Waals surface area contributed by atoms with Gasteiger partial charge in [0, 0.05) is 30.0 Å². The molecule has 0 radical (unpaired) electrons. The summed E-state index contributed by atoms with van der Waals surface area (Å²) in [6, 6.07) is 11.8. The van der Waals surface area contributed by atoms with Crippen LogP contribution in [0.2, 0.25) is 5.02 Å². The maximum atomic E-state index is 12.8. The summed E-state index contributed by atoms with van der Waals surface area (Å²) < 4.78 is 43.3. The quantitative estimate of drug-likeness (QED) is 0.151. The lowest BCUT2D eigenvalue weighted by molar-refractivity contribution is -0.154. The average molecular weight is 637 g/mol. The second kappa shape index (κ2) is 13.6. The molecule has 2 amide bonds. The van der Waals surface area contributed by atoms with E-state index < -0.39 is 48.2 Å². The van der Waals surface area contributed by atoms with Crippen molar-refractivity contribution in [3.63, 3.8) is 0 Å². The SMILES string of the molecule is CNC(=O)C(=O)NCC[C@H](Nc1ccc(Nc2nc(NC3(c4ccc(Cl)cc4)CC3)nc(OCC(F)(F)F)n2)cc1)C(=O)O. The third kappa shape index (κ3) is 9.07. The number of carboxylic acids is 1. The predicted octanol–water partition coefficient (Wildman–Crippen LogP) is 3.43. The van der Waals surface area contributed by atoms with Crippen molar-refractivity contribution < 1.29 is 37.4 Å². The number of carbonyl (C=O) groups is 3. The number of benzene rings is 2. The van der Waals surface area contributed by atoms with Crippen molar-refractivity contribution in [3.8, 4) is 6.01 Å². The Morgan fingerprint density at radius 3 is 2.20 bits per heavy atom. The van der Waals surface area contributed by atoms with Crippen LogP contribution in [0.3, 0.4) is 0 Å². The number of nitrogens with zero attached hydrogens (tertiary/aromatic N) is 3. The number of nitrogens with one attached hydrogen (secondary N) is 5. The van der Waals surface area contributed by atoms with Crippen molar-refractivity contribution in [2.75, 3.05) is 36.1 Å². The molecule has 6 N–H and O–H groups in total. The van der Waals surface area contributed by atoms with E-state index in [0.717, 1.165) is 18.4 Å². The van der Waals surface area contributed by atoms with Gasteiger partial charge >= 0.3 is 30.0 Å². The summed E-state index contributed by atoms with van der Waals surface area (Å²) in [5.74, 6) is -3.00. The van der Waals surface area contributed by atoms with E-state index in [9.17, 15) is 32.7 Å². The number of aliphatic carboxylic acids is 1. The van der Waals surface area contributed by atoms with Crippen molar-refractivity contribution in [1.29, 1.82) is 0 Å². The van der Waals surface area contributed by atoms with Gasteiger partial charge in [-0.1, -0.05) is 23.7 Å². The first kappa shape index (κ1) is 32.1. The van der Waals surface area contributed by atoms with Crippen molar-refractivity contribution in [2.45, 2.75) is 37.0 Å². The van der Waals surface area contributed by atoms with E-state index in [0.29, 0.717) is 16.4 Å². The Hall–Kier alpha value is -4.86. The molecule has 1 saturated carbocycles. The zero-order valence-corrected chi connectivity index (χ0v) is 23.9. The van der Waals surface area contributed by atoms with E-state index >= 15 is 0 Å². The van der Waals surface area contributed by atoms with Crippen LogP contribution in [-0.2, 0) is 19.9 Å². The number of carboxylic acid groups (broad SMARTS) is 1. The van der Waals surface area contributed by atoms with E-state index in [1.807, 2.05) is 12.1 Å². The highest BCUT2D eigenvalue weighted by molar-refractivity contribution is 6.35. The molecular weight excluding hydrogens is 609 g/mol. The van der Waals surface area contributed by atoms with Crippen LogP contribution in [0, 0.1) is 0 Å². The molecule has 0 unspecified atom stereocenters. The molecule has 1 fully saturated rings. The maximum Gasteiger partial charge on any atom is 0.422 e. The first-order valence-electron chi connectivity index (χ1n) is 13.2. The minimum Gasteiger partial charge on any atom is -0.480 e. The number of anilines is 4. The van der Waals surface area contributed by atoms with Gasteiger partial charge in [0.1, 0.15) is 6.04 Å². The molecule has 2 aromatic carbocycles. The van der Waals surface area contributed by atoms with E-state index in [1.165, 1.54) is 7.05 Å². The fourth-order valence-corrected chi connectivity index (χ4v) is 4.16. The minimum absolute atomic E-state index is 0.00165. The minimum atomic E-state index is -4.61. The number of ether oxygens (including phenoxy) is 1. The topological polar surface area (TPSA) is 179 Å². The lowest BCUT2D eigenvalue weighted by Gasteiger charge is -2.19. The van der Waals surface area contributed by atoms with E-state index in [1.54, 1.807) is 36.4 Å². The fraction of sp³-hybridized carbons (Fsp3) is 0.333. The van der Waals surface area contributed by atoms with Crippen molar-refractivity contribution in [3.05, 3.63) is 59.1 Å². The van der Waals surface area contributed by atoms with Gasteiger partial charge in [-0.05, 0) is 61.2 Å². The molecule has 1 aliphatic rings. The Morgan fingerprint density at radius 2 is 1.61 bits per heavy atom. The highest BCUT2D eigenvalue weighted by Gasteiger charge is 2.45. The van der Waals surface area contributed by atoms with Gasteiger partial charge in [-0.3, -0.25) is 9.59 Å². The number of halogens is 4. The Labute approximate surface area is 254 Å². The second-order valence-corrected chi connectivity index (χ2v) is 10.2. The molecule has 4 rings (SSSR count). The molecule has 13 nitrogen and oxygen atoms in total. The van der Waals surface area contributed by atoms with E-state index in [4.69, 9.17) is 16.3 Å². The van der Waals surface area contributed by atoms with Gasteiger partial charge in [0.15, 0.2) is 6.61 Å². The van der Waals surface area contributed by atoms with Gasteiger partial charge in [-0.15, -0.1) is 0 Å². The summed E-state index contributed by atoms with van der Waals surface area (Å²) >= 11 is 6.00. The van der Waals surface area contributed by atoms with Gasteiger partial charge in [0.05, 0.1) is 5.54 Å². The summed E-state index contributed by atoms with van der Waals surface area (Å²) in [7, 11) is 1.30. The Morgan fingerprint density at radius 1 is 0.977 bits per heavy atom. The molecule has 1 heterocycles. The van der Waals surface area contributed by atoms with Crippen LogP contribution < -0.4 is 31.3 Å². The summed E-state index contributed by atoms with van der Waals surface area (Å²) in [4.78, 5) is 46.8. The number of alkyl halides is 3.